The summed E-state index contributed by atoms with van der Waals surface area (Å²) in [7, 11) is 0. The molecule has 0 bridgehead atoms. The molecule has 0 saturated carbocycles. The number of aromatic nitrogens is 4. The Kier molecular flexibility index (Phi) is 3.82. The number of urea groups is 1. The number of amides is 2. The fraction of sp³-hybridized carbons (Fsp3) is 0.571. The molecule has 118 valence electrons. The molecule has 0 spiro atoms. The Hall–Kier alpha value is -2.38. The van der Waals surface area contributed by atoms with Gasteiger partial charge in [-0.1, -0.05) is 12.1 Å². The number of fused-ring (bicyclic) bond motifs is 1. The molecular formula is C14H20N6O2. The molecule has 2 amide bonds. The number of aryl methyl sites for hydroxylation is 4. The number of carbonyl (C=O) groups excluding carboxylic acids is 1. The van der Waals surface area contributed by atoms with Gasteiger partial charge in [0.2, 0.25) is 0 Å². The van der Waals surface area contributed by atoms with Crippen LogP contribution in [0.1, 0.15) is 48.9 Å². The highest BCUT2D eigenvalue weighted by atomic mass is 16.5. The summed E-state index contributed by atoms with van der Waals surface area (Å²) in [6.07, 6.45) is 2.62. The summed E-state index contributed by atoms with van der Waals surface area (Å²) in [5, 5.41) is 14.0. The molecule has 2 aromatic heterocycles. The molecule has 8 nitrogen and oxygen atoms in total. The first-order valence-electron chi connectivity index (χ1n) is 7.52. The number of anilines is 1. The highest BCUT2D eigenvalue weighted by Crippen LogP contribution is 2.24. The van der Waals surface area contributed by atoms with E-state index in [2.05, 4.69) is 25.9 Å². The summed E-state index contributed by atoms with van der Waals surface area (Å²) in [4.78, 5) is 16.7. The van der Waals surface area contributed by atoms with Gasteiger partial charge < -0.3 is 15.2 Å². The van der Waals surface area contributed by atoms with Gasteiger partial charge >= 0.3 is 6.03 Å². The molecule has 22 heavy (non-hydrogen) atoms. The number of nitrogens with one attached hydrogen (secondary N) is 2. The highest BCUT2D eigenvalue weighted by Gasteiger charge is 2.26. The molecular weight excluding hydrogens is 284 g/mol. The van der Waals surface area contributed by atoms with E-state index >= 15 is 0 Å². The SMILES string of the molecule is CCc1nc2n(n1)CCC[C@@H]2NC(=O)Nc1c(C)noc1C. The van der Waals surface area contributed by atoms with Crippen LogP contribution >= 0.6 is 0 Å². The van der Waals surface area contributed by atoms with Crippen molar-refractivity contribution < 1.29 is 9.32 Å². The van der Waals surface area contributed by atoms with Crippen molar-refractivity contribution >= 4 is 11.7 Å². The molecule has 2 N–H and O–H groups in total. The van der Waals surface area contributed by atoms with Gasteiger partial charge in [-0.15, -0.1) is 0 Å². The summed E-state index contributed by atoms with van der Waals surface area (Å²) in [6.45, 7) is 6.43. The van der Waals surface area contributed by atoms with Crippen LogP contribution in [0.4, 0.5) is 10.5 Å². The number of carbonyl (C=O) groups is 1. The van der Waals surface area contributed by atoms with E-state index in [1.54, 1.807) is 13.8 Å². The van der Waals surface area contributed by atoms with Gasteiger partial charge in [0.15, 0.2) is 11.6 Å². The monoisotopic (exact) mass is 304 g/mol. The topological polar surface area (TPSA) is 97.9 Å². The normalized spacial score (nSPS) is 17.1. The minimum Gasteiger partial charge on any atom is -0.359 e. The third-order valence-corrected chi connectivity index (χ3v) is 3.81. The van der Waals surface area contributed by atoms with E-state index in [1.807, 2.05) is 11.6 Å². The van der Waals surface area contributed by atoms with Crippen molar-refractivity contribution in [2.24, 2.45) is 0 Å². The number of hydrogen-bond donors (Lipinski definition) is 2. The molecule has 0 aliphatic carbocycles. The van der Waals surface area contributed by atoms with Gasteiger partial charge in [0.05, 0.1) is 6.04 Å². The first-order chi connectivity index (χ1) is 10.6. The first-order valence-corrected chi connectivity index (χ1v) is 7.52. The highest BCUT2D eigenvalue weighted by molar-refractivity contribution is 5.90. The summed E-state index contributed by atoms with van der Waals surface area (Å²) in [5.74, 6) is 2.24. The smallest absolute Gasteiger partial charge is 0.319 e. The fourth-order valence-electron chi connectivity index (χ4n) is 2.66. The number of rotatable bonds is 3. The van der Waals surface area contributed by atoms with Gasteiger partial charge in [-0.3, -0.25) is 0 Å². The Balaban J connectivity index is 1.71. The van der Waals surface area contributed by atoms with Gasteiger partial charge in [-0.05, 0) is 26.7 Å². The van der Waals surface area contributed by atoms with Crippen LogP contribution in [-0.2, 0) is 13.0 Å². The van der Waals surface area contributed by atoms with E-state index < -0.39 is 0 Å². The van der Waals surface area contributed by atoms with Crippen molar-refractivity contribution in [1.29, 1.82) is 0 Å². The van der Waals surface area contributed by atoms with Crippen LogP contribution in [0.25, 0.3) is 0 Å². The predicted molar refractivity (Wildman–Crippen MR) is 79.5 cm³/mol. The molecule has 0 radical (unpaired) electrons. The van der Waals surface area contributed by atoms with E-state index in [4.69, 9.17) is 4.52 Å². The summed E-state index contributed by atoms with van der Waals surface area (Å²) >= 11 is 0. The van der Waals surface area contributed by atoms with Crippen molar-refractivity contribution in [2.75, 3.05) is 5.32 Å². The van der Waals surface area contributed by atoms with E-state index in [9.17, 15) is 4.79 Å². The maximum absolute atomic E-state index is 12.2. The van der Waals surface area contributed by atoms with Gasteiger partial charge in [-0.2, -0.15) is 5.10 Å². The number of hydrogen-bond acceptors (Lipinski definition) is 5. The number of nitrogens with zero attached hydrogens (tertiary/aromatic N) is 4. The van der Waals surface area contributed by atoms with Gasteiger partial charge in [0.1, 0.15) is 17.2 Å². The molecule has 0 saturated heterocycles. The zero-order valence-corrected chi connectivity index (χ0v) is 13.0. The predicted octanol–water partition coefficient (Wildman–Crippen LogP) is 2.10. The van der Waals surface area contributed by atoms with Crippen molar-refractivity contribution in [1.82, 2.24) is 25.2 Å². The van der Waals surface area contributed by atoms with Crippen LogP contribution in [0, 0.1) is 13.8 Å². The maximum atomic E-state index is 12.2. The minimum absolute atomic E-state index is 0.123. The van der Waals surface area contributed by atoms with Crippen molar-refractivity contribution in [3.8, 4) is 0 Å². The van der Waals surface area contributed by atoms with E-state index in [-0.39, 0.29) is 12.1 Å². The molecule has 0 unspecified atom stereocenters. The van der Waals surface area contributed by atoms with Gasteiger partial charge in [0.25, 0.3) is 0 Å². The summed E-state index contributed by atoms with van der Waals surface area (Å²) < 4.78 is 6.93. The third kappa shape index (κ3) is 2.68. The van der Waals surface area contributed by atoms with Gasteiger partial charge in [-0.25, -0.2) is 14.5 Å². The molecule has 2 aromatic rings. The quantitative estimate of drug-likeness (QED) is 0.905. The van der Waals surface area contributed by atoms with Crippen LogP contribution in [0.2, 0.25) is 0 Å². The van der Waals surface area contributed by atoms with Crippen LogP contribution in [0.5, 0.6) is 0 Å². The van der Waals surface area contributed by atoms with Crippen LogP contribution < -0.4 is 10.6 Å². The molecule has 3 heterocycles. The lowest BCUT2D eigenvalue weighted by molar-refractivity contribution is 0.244. The van der Waals surface area contributed by atoms with E-state index in [0.29, 0.717) is 17.1 Å². The lowest BCUT2D eigenvalue weighted by atomic mass is 10.1. The largest absolute Gasteiger partial charge is 0.359 e. The molecule has 0 fully saturated rings. The van der Waals surface area contributed by atoms with Crippen LogP contribution in [-0.4, -0.2) is 26.0 Å². The molecule has 1 atom stereocenters. The molecule has 1 aliphatic rings. The lowest BCUT2D eigenvalue weighted by Crippen LogP contribution is -2.36. The fourth-order valence-corrected chi connectivity index (χ4v) is 2.66. The average Bonchev–Trinajstić information content (AvgIpc) is 3.06. The Morgan fingerprint density at radius 2 is 2.27 bits per heavy atom. The Bertz CT molecular complexity index is 670. The lowest BCUT2D eigenvalue weighted by Gasteiger charge is -2.23. The molecule has 3 rings (SSSR count). The van der Waals surface area contributed by atoms with Crippen LogP contribution in [0.15, 0.2) is 4.52 Å². The summed E-state index contributed by atoms with van der Waals surface area (Å²) in [6, 6.07) is -0.407. The van der Waals surface area contributed by atoms with E-state index in [1.165, 1.54) is 0 Å². The van der Waals surface area contributed by atoms with Crippen LogP contribution in [0.3, 0.4) is 0 Å². The standard InChI is InChI=1S/C14H20N6O2/c1-4-11-16-13-10(6-5-7-20(13)18-11)15-14(21)17-12-8(2)19-22-9(12)3/h10H,4-7H2,1-3H3,(H2,15,17,21)/t10-/m0/s1. The van der Waals surface area contributed by atoms with Crippen molar-refractivity contribution in [3.05, 3.63) is 23.1 Å². The van der Waals surface area contributed by atoms with Gasteiger partial charge in [0, 0.05) is 13.0 Å². The molecule has 1 aliphatic heterocycles. The maximum Gasteiger partial charge on any atom is 0.319 e. The Labute approximate surface area is 128 Å². The second kappa shape index (κ2) is 5.78. The first kappa shape index (κ1) is 14.6. The van der Waals surface area contributed by atoms with Crippen molar-refractivity contribution in [2.45, 2.75) is 52.6 Å². The Morgan fingerprint density at radius 1 is 1.45 bits per heavy atom. The molecule has 8 heteroatoms. The molecule has 0 aromatic carbocycles. The minimum atomic E-state index is -0.283. The second-order valence-corrected chi connectivity index (χ2v) is 5.46. The average molecular weight is 304 g/mol. The third-order valence-electron chi connectivity index (χ3n) is 3.81. The van der Waals surface area contributed by atoms with E-state index in [0.717, 1.165) is 37.5 Å². The zero-order chi connectivity index (χ0) is 15.7. The Morgan fingerprint density at radius 3 is 2.95 bits per heavy atom. The zero-order valence-electron chi connectivity index (χ0n) is 13.0. The van der Waals surface area contributed by atoms with Crippen molar-refractivity contribution in [3.63, 3.8) is 0 Å². The second-order valence-electron chi connectivity index (χ2n) is 5.46. The summed E-state index contributed by atoms with van der Waals surface area (Å²) in [5.41, 5.74) is 1.27.